The van der Waals surface area contributed by atoms with Gasteiger partial charge in [-0.2, -0.15) is 0 Å². The van der Waals surface area contributed by atoms with E-state index in [0.29, 0.717) is 12.5 Å². The summed E-state index contributed by atoms with van der Waals surface area (Å²) in [6.45, 7) is 1.54. The molecule has 0 aromatic rings. The summed E-state index contributed by atoms with van der Waals surface area (Å²) in [7, 11) is 1.54. The van der Waals surface area contributed by atoms with E-state index >= 15 is 0 Å². The highest BCUT2D eigenvalue weighted by Crippen LogP contribution is 2.15. The first-order chi connectivity index (χ1) is 7.68. The molecule has 16 heavy (non-hydrogen) atoms. The molecule has 2 amide bonds. The van der Waals surface area contributed by atoms with E-state index in [1.807, 2.05) is 0 Å². The monoisotopic (exact) mass is 226 g/mol. The van der Waals surface area contributed by atoms with Crippen molar-refractivity contribution in [3.05, 3.63) is 0 Å². The Hall–Kier alpha value is -0.940. The molecule has 0 aliphatic carbocycles. The zero-order valence-electron chi connectivity index (χ0n) is 9.57. The lowest BCUT2D eigenvalue weighted by Crippen LogP contribution is -2.43. The van der Waals surface area contributed by atoms with Gasteiger partial charge in [-0.05, 0) is 19.3 Å². The number of imide groups is 1. The van der Waals surface area contributed by atoms with Crippen molar-refractivity contribution in [1.29, 1.82) is 0 Å². The van der Waals surface area contributed by atoms with Gasteiger partial charge < -0.3 is 10.1 Å². The smallest absolute Gasteiger partial charge is 0.246 e. The fourth-order valence-corrected chi connectivity index (χ4v) is 2.24. The number of nitrogens with one attached hydrogen (secondary N) is 1. The van der Waals surface area contributed by atoms with Crippen LogP contribution in [0, 0.1) is 0 Å². The standard InChI is InChI=1S/C11H18N2O3/c1-13-10(14)7-9(11(13)15)12-8-3-2-5-16-6-4-8/h8-9,12H,2-7H2,1H3. The van der Waals surface area contributed by atoms with Crippen LogP contribution in [0.25, 0.3) is 0 Å². The second-order valence-electron chi connectivity index (χ2n) is 4.45. The number of likely N-dealkylation sites (tertiary alicyclic amines) is 1. The van der Waals surface area contributed by atoms with E-state index in [2.05, 4.69) is 5.32 Å². The quantitative estimate of drug-likeness (QED) is 0.668. The van der Waals surface area contributed by atoms with Crippen molar-refractivity contribution in [2.75, 3.05) is 20.3 Å². The van der Waals surface area contributed by atoms with Crippen molar-refractivity contribution < 1.29 is 14.3 Å². The fourth-order valence-electron chi connectivity index (χ4n) is 2.24. The normalized spacial score (nSPS) is 31.9. The largest absolute Gasteiger partial charge is 0.381 e. The number of hydrogen-bond acceptors (Lipinski definition) is 4. The van der Waals surface area contributed by atoms with Crippen LogP contribution in [0.3, 0.4) is 0 Å². The molecular formula is C11H18N2O3. The van der Waals surface area contributed by atoms with Crippen molar-refractivity contribution in [2.24, 2.45) is 0 Å². The van der Waals surface area contributed by atoms with Gasteiger partial charge >= 0.3 is 0 Å². The molecule has 2 unspecified atom stereocenters. The number of nitrogens with zero attached hydrogens (tertiary/aromatic N) is 1. The Bertz CT molecular complexity index is 285. The van der Waals surface area contributed by atoms with E-state index in [-0.39, 0.29) is 17.9 Å². The molecule has 2 atom stereocenters. The lowest BCUT2D eigenvalue weighted by atomic mass is 10.1. The Morgan fingerprint density at radius 3 is 2.81 bits per heavy atom. The molecule has 2 aliphatic heterocycles. The minimum Gasteiger partial charge on any atom is -0.381 e. The molecule has 0 saturated carbocycles. The number of amides is 2. The number of likely N-dealkylation sites (N-methyl/N-ethyl adjacent to an activating group) is 1. The highest BCUT2D eigenvalue weighted by molar-refractivity contribution is 6.05. The average Bonchev–Trinajstić information content (AvgIpc) is 2.53. The maximum absolute atomic E-state index is 11.7. The summed E-state index contributed by atoms with van der Waals surface area (Å²) in [4.78, 5) is 24.2. The molecule has 90 valence electrons. The molecule has 0 radical (unpaired) electrons. The van der Waals surface area contributed by atoms with Crippen molar-refractivity contribution >= 4 is 11.8 Å². The van der Waals surface area contributed by atoms with Crippen LogP contribution < -0.4 is 5.32 Å². The van der Waals surface area contributed by atoms with Gasteiger partial charge in [0.2, 0.25) is 11.8 Å². The summed E-state index contributed by atoms with van der Waals surface area (Å²) in [6, 6.07) is -0.0173. The highest BCUT2D eigenvalue weighted by atomic mass is 16.5. The molecule has 0 spiro atoms. The van der Waals surface area contributed by atoms with Gasteiger partial charge in [0.05, 0.1) is 12.5 Å². The minimum atomic E-state index is -0.319. The van der Waals surface area contributed by atoms with Crippen LogP contribution in [-0.4, -0.2) is 49.1 Å². The van der Waals surface area contributed by atoms with Crippen LogP contribution in [0.2, 0.25) is 0 Å². The van der Waals surface area contributed by atoms with Crippen LogP contribution in [-0.2, 0) is 14.3 Å². The van der Waals surface area contributed by atoms with Gasteiger partial charge in [-0.25, -0.2) is 0 Å². The lowest BCUT2D eigenvalue weighted by molar-refractivity contribution is -0.137. The summed E-state index contributed by atoms with van der Waals surface area (Å²) >= 11 is 0. The molecule has 0 aromatic carbocycles. The Labute approximate surface area is 95.1 Å². The van der Waals surface area contributed by atoms with E-state index in [0.717, 1.165) is 32.5 Å². The van der Waals surface area contributed by atoms with Crippen LogP contribution in [0.15, 0.2) is 0 Å². The molecule has 2 fully saturated rings. The van der Waals surface area contributed by atoms with Gasteiger partial charge in [0, 0.05) is 26.3 Å². The Balaban J connectivity index is 1.89. The van der Waals surface area contributed by atoms with Crippen molar-refractivity contribution in [1.82, 2.24) is 10.2 Å². The number of rotatable bonds is 2. The summed E-state index contributed by atoms with van der Waals surface area (Å²) in [5, 5.41) is 3.28. The summed E-state index contributed by atoms with van der Waals surface area (Å²) in [5.41, 5.74) is 0. The Morgan fingerprint density at radius 1 is 1.31 bits per heavy atom. The van der Waals surface area contributed by atoms with E-state index in [1.165, 1.54) is 4.90 Å². The van der Waals surface area contributed by atoms with Gasteiger partial charge in [-0.3, -0.25) is 14.5 Å². The Kier molecular flexibility index (Phi) is 3.56. The predicted octanol–water partition coefficient (Wildman–Crippen LogP) is -0.0976. The van der Waals surface area contributed by atoms with Crippen LogP contribution in [0.4, 0.5) is 0 Å². The van der Waals surface area contributed by atoms with E-state index in [9.17, 15) is 9.59 Å². The highest BCUT2D eigenvalue weighted by Gasteiger charge is 2.36. The van der Waals surface area contributed by atoms with E-state index in [1.54, 1.807) is 7.05 Å². The third-order valence-electron chi connectivity index (χ3n) is 3.27. The molecule has 2 rings (SSSR count). The number of hydrogen-bond donors (Lipinski definition) is 1. The van der Waals surface area contributed by atoms with Gasteiger partial charge in [-0.1, -0.05) is 0 Å². The maximum atomic E-state index is 11.7. The van der Waals surface area contributed by atoms with Gasteiger partial charge in [-0.15, -0.1) is 0 Å². The van der Waals surface area contributed by atoms with Crippen LogP contribution in [0.1, 0.15) is 25.7 Å². The zero-order valence-corrected chi connectivity index (χ0v) is 9.57. The molecule has 5 heteroatoms. The van der Waals surface area contributed by atoms with Gasteiger partial charge in [0.15, 0.2) is 0 Å². The molecule has 0 bridgehead atoms. The summed E-state index contributed by atoms with van der Waals surface area (Å²) in [6.07, 6.45) is 3.25. The fraction of sp³-hybridized carbons (Fsp3) is 0.818. The van der Waals surface area contributed by atoms with Gasteiger partial charge in [0.1, 0.15) is 0 Å². The molecule has 5 nitrogen and oxygen atoms in total. The van der Waals surface area contributed by atoms with Crippen molar-refractivity contribution in [3.63, 3.8) is 0 Å². The van der Waals surface area contributed by atoms with Crippen molar-refractivity contribution in [3.8, 4) is 0 Å². The van der Waals surface area contributed by atoms with Crippen LogP contribution >= 0.6 is 0 Å². The summed E-state index contributed by atoms with van der Waals surface area (Å²) in [5.74, 6) is -0.192. The average molecular weight is 226 g/mol. The van der Waals surface area contributed by atoms with Crippen molar-refractivity contribution in [2.45, 2.75) is 37.8 Å². The third-order valence-corrected chi connectivity index (χ3v) is 3.27. The molecule has 2 saturated heterocycles. The second-order valence-corrected chi connectivity index (χ2v) is 4.45. The summed E-state index contributed by atoms with van der Waals surface area (Å²) < 4.78 is 5.36. The lowest BCUT2D eigenvalue weighted by Gasteiger charge is -2.19. The SMILES string of the molecule is CN1C(=O)CC(NC2CCCOCC2)C1=O. The van der Waals surface area contributed by atoms with Gasteiger partial charge in [0.25, 0.3) is 0 Å². The first-order valence-corrected chi connectivity index (χ1v) is 5.82. The topological polar surface area (TPSA) is 58.6 Å². The second kappa shape index (κ2) is 4.93. The number of ether oxygens (including phenoxy) is 1. The minimum absolute atomic E-state index is 0.0904. The molecule has 2 heterocycles. The Morgan fingerprint density at radius 2 is 2.12 bits per heavy atom. The zero-order chi connectivity index (χ0) is 11.5. The molecular weight excluding hydrogens is 208 g/mol. The number of carbonyl (C=O) groups excluding carboxylic acids is 2. The first-order valence-electron chi connectivity index (χ1n) is 5.82. The third kappa shape index (κ3) is 2.41. The maximum Gasteiger partial charge on any atom is 0.246 e. The molecule has 0 aromatic heterocycles. The number of carbonyl (C=O) groups is 2. The van der Waals surface area contributed by atoms with E-state index < -0.39 is 0 Å². The molecule has 1 N–H and O–H groups in total. The van der Waals surface area contributed by atoms with Crippen LogP contribution in [0.5, 0.6) is 0 Å². The van der Waals surface area contributed by atoms with E-state index in [4.69, 9.17) is 4.74 Å². The first kappa shape index (κ1) is 11.5. The predicted molar refractivity (Wildman–Crippen MR) is 57.8 cm³/mol. The molecule has 2 aliphatic rings.